The van der Waals surface area contributed by atoms with E-state index in [0.29, 0.717) is 5.57 Å². The highest BCUT2D eigenvalue weighted by Gasteiger charge is 2.56. The maximum absolute atomic E-state index is 11.8. The fraction of sp³-hybridized carbons (Fsp3) is 0.600. The molecule has 0 aromatic rings. The number of carbonyl (C=O) groups is 2. The summed E-state index contributed by atoms with van der Waals surface area (Å²) in [7, 11) is 0. The van der Waals surface area contributed by atoms with Crippen LogP contribution in [0.15, 0.2) is 24.3 Å². The number of carbonyl (C=O) groups excluding carboxylic acids is 2. The molecular formula is C15H18O3. The molecule has 0 spiro atoms. The standard InChI is InChI=1S/C15H18O3/c1-8-10-4-6-15(3)7-5-11(16)9(2)12(15)13(10)18-14(8)17/h5,7-8,10,12-13H,2,4,6H2,1,3H3/t8-,10-,12+,13-,15+/m0/s1. The molecule has 0 N–H and O–H groups in total. The summed E-state index contributed by atoms with van der Waals surface area (Å²) in [6.45, 7) is 8.01. The van der Waals surface area contributed by atoms with E-state index in [0.717, 1.165) is 12.8 Å². The highest BCUT2D eigenvalue weighted by atomic mass is 16.6. The Labute approximate surface area is 107 Å². The first-order chi connectivity index (χ1) is 8.44. The molecule has 5 atom stereocenters. The summed E-state index contributed by atoms with van der Waals surface area (Å²) in [5, 5.41) is 0. The lowest BCUT2D eigenvalue weighted by Gasteiger charge is -2.47. The van der Waals surface area contributed by atoms with Gasteiger partial charge >= 0.3 is 5.97 Å². The van der Waals surface area contributed by atoms with Gasteiger partial charge in [0.2, 0.25) is 0 Å². The SMILES string of the molecule is C=C1C(=O)C=C[C@@]2(C)CC[C@@H]3[C@H](OC(=O)[C@H]3C)[C@@H]12. The first kappa shape index (κ1) is 11.7. The quantitative estimate of drug-likeness (QED) is 0.486. The average molecular weight is 246 g/mol. The van der Waals surface area contributed by atoms with Crippen LogP contribution in [0.3, 0.4) is 0 Å². The molecule has 96 valence electrons. The maximum Gasteiger partial charge on any atom is 0.309 e. The molecule has 0 aromatic carbocycles. The van der Waals surface area contributed by atoms with Crippen LogP contribution in [-0.2, 0) is 14.3 Å². The average Bonchev–Trinajstić information content (AvgIpc) is 2.60. The molecule has 3 heteroatoms. The van der Waals surface area contributed by atoms with Crippen LogP contribution in [0.1, 0.15) is 26.7 Å². The van der Waals surface area contributed by atoms with Gasteiger partial charge in [0.15, 0.2) is 5.78 Å². The Hall–Kier alpha value is -1.38. The molecule has 0 bridgehead atoms. The number of hydrogen-bond donors (Lipinski definition) is 0. The summed E-state index contributed by atoms with van der Waals surface area (Å²) in [6, 6.07) is 0. The second kappa shape index (κ2) is 3.56. The molecule has 0 radical (unpaired) electrons. The van der Waals surface area contributed by atoms with Crippen LogP contribution in [-0.4, -0.2) is 17.9 Å². The summed E-state index contributed by atoms with van der Waals surface area (Å²) >= 11 is 0. The van der Waals surface area contributed by atoms with Gasteiger partial charge in [0.1, 0.15) is 6.10 Å². The van der Waals surface area contributed by atoms with Crippen molar-refractivity contribution in [2.75, 3.05) is 0 Å². The van der Waals surface area contributed by atoms with E-state index in [9.17, 15) is 9.59 Å². The zero-order valence-corrected chi connectivity index (χ0v) is 10.8. The number of ether oxygens (including phenoxy) is 1. The Morgan fingerprint density at radius 3 is 2.89 bits per heavy atom. The molecule has 18 heavy (non-hydrogen) atoms. The molecular weight excluding hydrogens is 228 g/mol. The summed E-state index contributed by atoms with van der Waals surface area (Å²) in [6.07, 6.45) is 5.42. The van der Waals surface area contributed by atoms with E-state index in [-0.39, 0.29) is 41.0 Å². The van der Waals surface area contributed by atoms with Crippen molar-refractivity contribution in [2.45, 2.75) is 32.8 Å². The van der Waals surface area contributed by atoms with Gasteiger partial charge in [-0.25, -0.2) is 0 Å². The number of esters is 1. The van der Waals surface area contributed by atoms with Crippen LogP contribution in [0, 0.1) is 23.2 Å². The number of rotatable bonds is 0. The summed E-state index contributed by atoms with van der Waals surface area (Å²) < 4.78 is 5.55. The number of allylic oxidation sites excluding steroid dienone is 2. The van der Waals surface area contributed by atoms with Crippen molar-refractivity contribution >= 4 is 11.8 Å². The van der Waals surface area contributed by atoms with Gasteiger partial charge in [0.25, 0.3) is 0 Å². The van der Waals surface area contributed by atoms with Crippen molar-refractivity contribution in [3.8, 4) is 0 Å². The molecule has 1 saturated carbocycles. The molecule has 2 aliphatic carbocycles. The van der Waals surface area contributed by atoms with Crippen molar-refractivity contribution in [1.82, 2.24) is 0 Å². The molecule has 1 aliphatic heterocycles. The Bertz CT molecular complexity index is 476. The van der Waals surface area contributed by atoms with Crippen LogP contribution >= 0.6 is 0 Å². The van der Waals surface area contributed by atoms with Gasteiger partial charge in [0.05, 0.1) is 5.92 Å². The van der Waals surface area contributed by atoms with Crippen LogP contribution in [0.5, 0.6) is 0 Å². The predicted molar refractivity (Wildman–Crippen MR) is 66.7 cm³/mol. The predicted octanol–water partition coefficient (Wildman–Crippen LogP) is 2.28. The number of ketones is 1. The fourth-order valence-corrected chi connectivity index (χ4v) is 3.84. The topological polar surface area (TPSA) is 43.4 Å². The third-order valence-corrected chi connectivity index (χ3v) is 5.05. The maximum atomic E-state index is 11.8. The molecule has 0 amide bonds. The Morgan fingerprint density at radius 2 is 2.17 bits per heavy atom. The van der Waals surface area contributed by atoms with E-state index in [1.165, 1.54) is 0 Å². The molecule has 2 fully saturated rings. The zero-order chi connectivity index (χ0) is 13.1. The molecule has 0 unspecified atom stereocenters. The Kier molecular flexibility index (Phi) is 2.31. The normalized spacial score (nSPS) is 46.7. The minimum atomic E-state index is -0.160. The second-order valence-electron chi connectivity index (χ2n) is 6.10. The van der Waals surface area contributed by atoms with E-state index in [1.807, 2.05) is 13.0 Å². The van der Waals surface area contributed by atoms with Crippen molar-refractivity contribution < 1.29 is 14.3 Å². The van der Waals surface area contributed by atoms with E-state index >= 15 is 0 Å². The third-order valence-electron chi connectivity index (χ3n) is 5.05. The molecule has 3 aliphatic rings. The van der Waals surface area contributed by atoms with E-state index in [4.69, 9.17) is 4.74 Å². The van der Waals surface area contributed by atoms with Crippen molar-refractivity contribution in [2.24, 2.45) is 23.2 Å². The first-order valence-electron chi connectivity index (χ1n) is 6.57. The van der Waals surface area contributed by atoms with E-state index in [1.54, 1.807) is 6.08 Å². The first-order valence-corrected chi connectivity index (χ1v) is 6.57. The van der Waals surface area contributed by atoms with E-state index in [2.05, 4.69) is 13.5 Å². The lowest BCUT2D eigenvalue weighted by atomic mass is 9.57. The van der Waals surface area contributed by atoms with Crippen molar-refractivity contribution in [3.05, 3.63) is 24.3 Å². The van der Waals surface area contributed by atoms with Crippen molar-refractivity contribution in [3.63, 3.8) is 0 Å². The highest BCUT2D eigenvalue weighted by molar-refractivity contribution is 6.05. The summed E-state index contributed by atoms with van der Waals surface area (Å²) in [5.74, 6) is 0.0143. The Morgan fingerprint density at radius 1 is 1.44 bits per heavy atom. The van der Waals surface area contributed by atoms with Gasteiger partial charge in [0, 0.05) is 11.8 Å². The van der Waals surface area contributed by atoms with Crippen LogP contribution in [0.2, 0.25) is 0 Å². The largest absolute Gasteiger partial charge is 0.461 e. The fourth-order valence-electron chi connectivity index (χ4n) is 3.84. The molecule has 1 heterocycles. The smallest absolute Gasteiger partial charge is 0.309 e. The highest BCUT2D eigenvalue weighted by Crippen LogP contribution is 2.54. The van der Waals surface area contributed by atoms with Gasteiger partial charge in [-0.1, -0.05) is 26.5 Å². The van der Waals surface area contributed by atoms with Gasteiger partial charge in [-0.15, -0.1) is 0 Å². The molecule has 3 nitrogen and oxygen atoms in total. The molecule has 3 rings (SSSR count). The number of fused-ring (bicyclic) bond motifs is 3. The minimum absolute atomic E-state index is 0.0197. The third kappa shape index (κ3) is 1.36. The summed E-state index contributed by atoms with van der Waals surface area (Å²) in [5.41, 5.74) is 0.521. The Balaban J connectivity index is 2.03. The minimum Gasteiger partial charge on any atom is -0.461 e. The van der Waals surface area contributed by atoms with Crippen LogP contribution in [0.25, 0.3) is 0 Å². The van der Waals surface area contributed by atoms with Gasteiger partial charge in [-0.05, 0) is 29.9 Å². The van der Waals surface area contributed by atoms with Gasteiger partial charge in [-0.3, -0.25) is 9.59 Å². The molecule has 1 saturated heterocycles. The summed E-state index contributed by atoms with van der Waals surface area (Å²) in [4.78, 5) is 23.6. The lowest BCUT2D eigenvalue weighted by Crippen LogP contribution is -2.47. The van der Waals surface area contributed by atoms with Gasteiger partial charge < -0.3 is 4.74 Å². The van der Waals surface area contributed by atoms with Crippen LogP contribution < -0.4 is 0 Å². The van der Waals surface area contributed by atoms with E-state index < -0.39 is 0 Å². The van der Waals surface area contributed by atoms with Crippen LogP contribution in [0.4, 0.5) is 0 Å². The van der Waals surface area contributed by atoms with Gasteiger partial charge in [-0.2, -0.15) is 0 Å². The second-order valence-corrected chi connectivity index (χ2v) is 6.10. The monoisotopic (exact) mass is 246 g/mol. The molecule has 0 aromatic heterocycles. The lowest BCUT2D eigenvalue weighted by molar-refractivity contribution is -0.147. The number of hydrogen-bond acceptors (Lipinski definition) is 3. The van der Waals surface area contributed by atoms with Crippen molar-refractivity contribution in [1.29, 1.82) is 0 Å². The zero-order valence-electron chi connectivity index (χ0n) is 10.8.